The molecule has 1 heterocycles. The second-order valence-electron chi connectivity index (χ2n) is 5.35. The van der Waals surface area contributed by atoms with Crippen molar-refractivity contribution in [1.29, 1.82) is 5.26 Å². The Bertz CT molecular complexity index is 949. The minimum Gasteiger partial charge on any atom is -0.366 e. The number of nitrogens with one attached hydrogen (secondary N) is 1. The van der Waals surface area contributed by atoms with Crippen molar-refractivity contribution in [2.24, 2.45) is 0 Å². The predicted octanol–water partition coefficient (Wildman–Crippen LogP) is 4.14. The fourth-order valence-electron chi connectivity index (χ4n) is 2.45. The number of benzene rings is 2. The molecule has 3 aromatic rings. The van der Waals surface area contributed by atoms with Crippen LogP contribution >= 0.6 is 0 Å². The molecule has 0 amide bonds. The fourth-order valence-corrected chi connectivity index (χ4v) is 2.45. The van der Waals surface area contributed by atoms with Gasteiger partial charge in [-0.1, -0.05) is 42.5 Å². The van der Waals surface area contributed by atoms with Gasteiger partial charge in [0, 0.05) is 18.2 Å². The largest absolute Gasteiger partial charge is 0.366 e. The van der Waals surface area contributed by atoms with Crippen molar-refractivity contribution in [3.05, 3.63) is 88.0 Å². The Morgan fingerprint density at radius 3 is 2.60 bits per heavy atom. The van der Waals surface area contributed by atoms with Crippen LogP contribution in [0.2, 0.25) is 0 Å². The molecule has 0 radical (unpaired) electrons. The number of pyridine rings is 1. The molecule has 0 aliphatic carbocycles. The Balaban J connectivity index is 1.88. The fraction of sp³-hybridized carbons (Fsp3) is 0.0526. The molecule has 0 unspecified atom stereocenters. The minimum absolute atomic E-state index is 0.0387. The average molecular weight is 330 g/mol. The molecule has 0 saturated heterocycles. The molecule has 0 spiro atoms. The van der Waals surface area contributed by atoms with Gasteiger partial charge in [0.05, 0.1) is 16.6 Å². The van der Waals surface area contributed by atoms with Crippen LogP contribution in [0.1, 0.15) is 11.1 Å². The number of hydrogen-bond donors (Lipinski definition) is 1. The van der Waals surface area contributed by atoms with Gasteiger partial charge in [0.1, 0.15) is 5.82 Å². The van der Waals surface area contributed by atoms with E-state index in [1.54, 1.807) is 30.3 Å². The summed E-state index contributed by atoms with van der Waals surface area (Å²) < 4.78 is 0. The van der Waals surface area contributed by atoms with E-state index in [0.29, 0.717) is 29.2 Å². The minimum atomic E-state index is -0.435. The smallest absolute Gasteiger partial charge is 0.295 e. The average Bonchev–Trinajstić information content (AvgIpc) is 2.67. The Morgan fingerprint density at radius 2 is 1.88 bits per heavy atom. The molecule has 2 aromatic carbocycles. The third-order valence-electron chi connectivity index (χ3n) is 3.65. The third-order valence-corrected chi connectivity index (χ3v) is 3.65. The van der Waals surface area contributed by atoms with Crippen LogP contribution in [0.15, 0.2) is 66.7 Å². The van der Waals surface area contributed by atoms with Crippen LogP contribution in [0.4, 0.5) is 11.5 Å². The van der Waals surface area contributed by atoms with E-state index in [4.69, 9.17) is 5.26 Å². The van der Waals surface area contributed by atoms with Crippen LogP contribution in [0.3, 0.4) is 0 Å². The van der Waals surface area contributed by atoms with E-state index in [9.17, 15) is 10.1 Å². The quantitative estimate of drug-likeness (QED) is 0.560. The van der Waals surface area contributed by atoms with E-state index < -0.39 is 4.92 Å². The summed E-state index contributed by atoms with van der Waals surface area (Å²) in [6.45, 7) is 0.467. The summed E-state index contributed by atoms with van der Waals surface area (Å²) in [6.07, 6.45) is 0. The first-order valence-electron chi connectivity index (χ1n) is 7.61. The monoisotopic (exact) mass is 330 g/mol. The first-order valence-corrected chi connectivity index (χ1v) is 7.61. The highest BCUT2D eigenvalue weighted by Crippen LogP contribution is 2.29. The zero-order valence-electron chi connectivity index (χ0n) is 13.2. The van der Waals surface area contributed by atoms with Crippen molar-refractivity contribution in [3.63, 3.8) is 0 Å². The molecule has 0 fully saturated rings. The molecule has 25 heavy (non-hydrogen) atoms. The van der Waals surface area contributed by atoms with Crippen molar-refractivity contribution >= 4 is 11.5 Å². The zero-order chi connectivity index (χ0) is 17.6. The van der Waals surface area contributed by atoms with Crippen molar-refractivity contribution in [2.75, 3.05) is 5.32 Å². The predicted molar refractivity (Wildman–Crippen MR) is 94.8 cm³/mol. The van der Waals surface area contributed by atoms with Crippen molar-refractivity contribution in [3.8, 4) is 17.3 Å². The summed E-state index contributed by atoms with van der Waals surface area (Å²) in [5.41, 5.74) is 2.48. The lowest BCUT2D eigenvalue weighted by Crippen LogP contribution is -2.03. The van der Waals surface area contributed by atoms with Gasteiger partial charge in [0.25, 0.3) is 5.69 Å². The number of nitriles is 1. The van der Waals surface area contributed by atoms with Gasteiger partial charge in [-0.2, -0.15) is 5.26 Å². The van der Waals surface area contributed by atoms with E-state index >= 15 is 0 Å². The highest BCUT2D eigenvalue weighted by atomic mass is 16.6. The van der Waals surface area contributed by atoms with E-state index in [2.05, 4.69) is 16.4 Å². The molecule has 6 heteroatoms. The maximum absolute atomic E-state index is 11.3. The number of nitrogens with zero attached hydrogens (tertiary/aromatic N) is 3. The van der Waals surface area contributed by atoms with Gasteiger partial charge in [-0.3, -0.25) is 10.1 Å². The summed E-state index contributed by atoms with van der Waals surface area (Å²) in [7, 11) is 0. The number of rotatable bonds is 5. The lowest BCUT2D eigenvalue weighted by molar-refractivity contribution is -0.384. The molecule has 1 aromatic heterocycles. The molecule has 0 bridgehead atoms. The Kier molecular flexibility index (Phi) is 4.67. The van der Waals surface area contributed by atoms with Gasteiger partial charge in [-0.25, -0.2) is 4.98 Å². The molecule has 6 nitrogen and oxygen atoms in total. The summed E-state index contributed by atoms with van der Waals surface area (Å²) in [6, 6.07) is 21.4. The SMILES string of the molecule is N#Cc1cccc(CNc2ccc([N+](=O)[O-])c(-c3ccccc3)n2)c1. The van der Waals surface area contributed by atoms with Crippen molar-refractivity contribution < 1.29 is 4.92 Å². The van der Waals surface area contributed by atoms with Crippen molar-refractivity contribution in [1.82, 2.24) is 4.98 Å². The molecule has 0 saturated carbocycles. The Hall–Kier alpha value is -3.72. The maximum Gasteiger partial charge on any atom is 0.295 e. The topological polar surface area (TPSA) is 91.8 Å². The Labute approximate surface area is 144 Å². The van der Waals surface area contributed by atoms with Crippen LogP contribution < -0.4 is 5.32 Å². The third kappa shape index (κ3) is 3.79. The van der Waals surface area contributed by atoms with Crippen LogP contribution in [-0.2, 0) is 6.54 Å². The van der Waals surface area contributed by atoms with Gasteiger partial charge >= 0.3 is 0 Å². The summed E-state index contributed by atoms with van der Waals surface area (Å²) in [5, 5.41) is 23.4. The van der Waals surface area contributed by atoms with Gasteiger partial charge in [-0.05, 0) is 23.8 Å². The van der Waals surface area contributed by atoms with E-state index in [-0.39, 0.29) is 5.69 Å². The van der Waals surface area contributed by atoms with E-state index in [1.807, 2.05) is 30.3 Å². The zero-order valence-corrected chi connectivity index (χ0v) is 13.2. The van der Waals surface area contributed by atoms with Gasteiger partial charge in [0.2, 0.25) is 0 Å². The molecule has 3 rings (SSSR count). The first kappa shape index (κ1) is 16.1. The highest BCUT2D eigenvalue weighted by molar-refractivity contribution is 5.71. The van der Waals surface area contributed by atoms with Gasteiger partial charge in [0.15, 0.2) is 5.69 Å². The standard InChI is InChI=1S/C19H14N4O2/c20-12-14-5-4-6-15(11-14)13-21-18-10-9-17(23(24)25)19(22-18)16-7-2-1-3-8-16/h1-11H,13H2,(H,21,22). The molecule has 0 aliphatic heterocycles. The van der Waals surface area contributed by atoms with Gasteiger partial charge < -0.3 is 5.32 Å². The molecule has 0 atom stereocenters. The summed E-state index contributed by atoms with van der Waals surface area (Å²) in [5.74, 6) is 0.534. The maximum atomic E-state index is 11.3. The molecular weight excluding hydrogens is 316 g/mol. The number of aromatic nitrogens is 1. The summed E-state index contributed by atoms with van der Waals surface area (Å²) in [4.78, 5) is 15.2. The molecule has 122 valence electrons. The normalized spacial score (nSPS) is 10.0. The number of nitro groups is 1. The second kappa shape index (κ2) is 7.23. The molecule has 0 aliphatic rings. The lowest BCUT2D eigenvalue weighted by atomic mass is 10.1. The van der Waals surface area contributed by atoms with Crippen LogP contribution in [0, 0.1) is 21.4 Å². The second-order valence-corrected chi connectivity index (χ2v) is 5.35. The summed E-state index contributed by atoms with van der Waals surface area (Å²) >= 11 is 0. The van der Waals surface area contributed by atoms with Crippen LogP contribution in [-0.4, -0.2) is 9.91 Å². The number of hydrogen-bond acceptors (Lipinski definition) is 5. The number of anilines is 1. The Morgan fingerprint density at radius 1 is 1.08 bits per heavy atom. The highest BCUT2D eigenvalue weighted by Gasteiger charge is 2.17. The first-order chi connectivity index (χ1) is 12.2. The molecule has 1 N–H and O–H groups in total. The van der Waals surface area contributed by atoms with Gasteiger partial charge in [-0.15, -0.1) is 0 Å². The van der Waals surface area contributed by atoms with Crippen LogP contribution in [0.5, 0.6) is 0 Å². The molecular formula is C19H14N4O2. The lowest BCUT2D eigenvalue weighted by Gasteiger charge is -2.09. The van der Waals surface area contributed by atoms with E-state index in [0.717, 1.165) is 5.56 Å². The van der Waals surface area contributed by atoms with Crippen molar-refractivity contribution in [2.45, 2.75) is 6.54 Å². The van der Waals surface area contributed by atoms with E-state index in [1.165, 1.54) is 6.07 Å². The van der Waals surface area contributed by atoms with Crippen LogP contribution in [0.25, 0.3) is 11.3 Å².